The van der Waals surface area contributed by atoms with Crippen molar-refractivity contribution in [1.82, 2.24) is 10.2 Å². The molecule has 4 heteroatoms. The SMILES string of the molecule is CC(c1csc(Cl)c1)N1C[C@@H]2CCCN[C@@H]2C1. The minimum absolute atomic E-state index is 0.506. The van der Waals surface area contributed by atoms with Crippen molar-refractivity contribution < 1.29 is 0 Å². The number of fused-ring (bicyclic) bond motifs is 1. The van der Waals surface area contributed by atoms with Crippen molar-refractivity contribution >= 4 is 22.9 Å². The predicted molar refractivity (Wildman–Crippen MR) is 73.8 cm³/mol. The van der Waals surface area contributed by atoms with E-state index in [2.05, 4.69) is 28.6 Å². The van der Waals surface area contributed by atoms with E-state index in [0.29, 0.717) is 6.04 Å². The monoisotopic (exact) mass is 270 g/mol. The van der Waals surface area contributed by atoms with Crippen molar-refractivity contribution in [3.05, 3.63) is 21.3 Å². The molecule has 0 saturated carbocycles. The summed E-state index contributed by atoms with van der Waals surface area (Å²) in [7, 11) is 0. The Morgan fingerprint density at radius 1 is 1.53 bits per heavy atom. The number of hydrogen-bond donors (Lipinski definition) is 1. The molecule has 1 N–H and O–H groups in total. The summed E-state index contributed by atoms with van der Waals surface area (Å²) >= 11 is 7.66. The first-order valence-electron chi connectivity index (χ1n) is 6.45. The van der Waals surface area contributed by atoms with Crippen molar-refractivity contribution in [3.8, 4) is 0 Å². The van der Waals surface area contributed by atoms with Crippen molar-refractivity contribution in [1.29, 1.82) is 0 Å². The van der Waals surface area contributed by atoms with Crippen LogP contribution in [0.3, 0.4) is 0 Å². The molecule has 0 radical (unpaired) electrons. The van der Waals surface area contributed by atoms with Gasteiger partial charge < -0.3 is 5.32 Å². The van der Waals surface area contributed by atoms with Gasteiger partial charge in [-0.1, -0.05) is 11.6 Å². The van der Waals surface area contributed by atoms with Gasteiger partial charge in [-0.05, 0) is 49.2 Å². The van der Waals surface area contributed by atoms with Crippen LogP contribution in [0.15, 0.2) is 11.4 Å². The van der Waals surface area contributed by atoms with Crippen LogP contribution in [0.25, 0.3) is 0 Å². The fraction of sp³-hybridized carbons (Fsp3) is 0.692. The van der Waals surface area contributed by atoms with Gasteiger partial charge >= 0.3 is 0 Å². The highest BCUT2D eigenvalue weighted by Gasteiger charge is 2.36. The topological polar surface area (TPSA) is 15.3 Å². The maximum absolute atomic E-state index is 6.02. The number of nitrogens with one attached hydrogen (secondary N) is 1. The van der Waals surface area contributed by atoms with E-state index < -0.39 is 0 Å². The van der Waals surface area contributed by atoms with E-state index in [9.17, 15) is 0 Å². The summed E-state index contributed by atoms with van der Waals surface area (Å²) in [5.41, 5.74) is 1.37. The average molecular weight is 271 g/mol. The first-order chi connectivity index (χ1) is 8.24. The van der Waals surface area contributed by atoms with E-state index in [4.69, 9.17) is 11.6 Å². The van der Waals surface area contributed by atoms with Crippen molar-refractivity contribution in [3.63, 3.8) is 0 Å². The Kier molecular flexibility index (Phi) is 3.44. The number of nitrogens with zero attached hydrogens (tertiary/aromatic N) is 1. The molecule has 0 aromatic carbocycles. The van der Waals surface area contributed by atoms with Gasteiger partial charge in [-0.15, -0.1) is 11.3 Å². The number of likely N-dealkylation sites (tertiary alicyclic amines) is 1. The summed E-state index contributed by atoms with van der Waals surface area (Å²) in [6.45, 7) is 5.94. The third-order valence-electron chi connectivity index (χ3n) is 4.25. The van der Waals surface area contributed by atoms with Gasteiger partial charge in [0.15, 0.2) is 0 Å². The third kappa shape index (κ3) is 2.39. The van der Waals surface area contributed by atoms with Crippen molar-refractivity contribution in [2.45, 2.75) is 31.8 Å². The molecule has 94 valence electrons. The molecule has 0 amide bonds. The summed E-state index contributed by atoms with van der Waals surface area (Å²) in [6.07, 6.45) is 2.74. The van der Waals surface area contributed by atoms with E-state index >= 15 is 0 Å². The van der Waals surface area contributed by atoms with Gasteiger partial charge in [0.2, 0.25) is 0 Å². The molecule has 1 aromatic rings. The molecule has 2 aliphatic rings. The molecule has 17 heavy (non-hydrogen) atoms. The largest absolute Gasteiger partial charge is 0.312 e. The minimum Gasteiger partial charge on any atom is -0.312 e. The second kappa shape index (κ2) is 4.88. The molecule has 3 rings (SSSR count). The normalized spacial score (nSPS) is 31.4. The molecule has 2 fully saturated rings. The lowest BCUT2D eigenvalue weighted by Gasteiger charge is -2.25. The van der Waals surface area contributed by atoms with Crippen LogP contribution in [0, 0.1) is 5.92 Å². The molecule has 0 spiro atoms. The van der Waals surface area contributed by atoms with Gasteiger partial charge in [-0.25, -0.2) is 0 Å². The van der Waals surface area contributed by atoms with Crippen LogP contribution < -0.4 is 5.32 Å². The van der Waals surface area contributed by atoms with Crippen LogP contribution in [0.2, 0.25) is 4.34 Å². The van der Waals surface area contributed by atoms with Crippen molar-refractivity contribution in [2.24, 2.45) is 5.92 Å². The Balaban J connectivity index is 1.69. The first-order valence-corrected chi connectivity index (χ1v) is 7.71. The lowest BCUT2D eigenvalue weighted by molar-refractivity contribution is 0.251. The molecule has 1 aromatic heterocycles. The summed E-state index contributed by atoms with van der Waals surface area (Å²) in [6, 6.07) is 3.35. The number of hydrogen-bond acceptors (Lipinski definition) is 3. The maximum Gasteiger partial charge on any atom is 0.0931 e. The molecule has 0 bridgehead atoms. The van der Waals surface area contributed by atoms with Crippen LogP contribution in [0.5, 0.6) is 0 Å². The molecule has 2 aliphatic heterocycles. The molecule has 2 nitrogen and oxygen atoms in total. The van der Waals surface area contributed by atoms with Gasteiger partial charge in [0.1, 0.15) is 0 Å². The molecule has 0 aliphatic carbocycles. The standard InChI is InChI=1S/C13H19ClN2S/c1-9(11-5-13(14)17-8-11)16-6-10-3-2-4-15-12(10)7-16/h5,8-10,12,15H,2-4,6-7H2,1H3/t9?,10-,12+/m0/s1. The highest BCUT2D eigenvalue weighted by molar-refractivity contribution is 7.14. The Hall–Kier alpha value is -0.0900. The molecular weight excluding hydrogens is 252 g/mol. The maximum atomic E-state index is 6.02. The fourth-order valence-corrected chi connectivity index (χ4v) is 4.13. The second-order valence-corrected chi connectivity index (χ2v) is 6.82. The number of piperidine rings is 1. The lowest BCUT2D eigenvalue weighted by Crippen LogP contribution is -2.40. The summed E-state index contributed by atoms with van der Waals surface area (Å²) < 4.78 is 0.904. The van der Waals surface area contributed by atoms with E-state index in [0.717, 1.165) is 16.3 Å². The van der Waals surface area contributed by atoms with Gasteiger partial charge in [0, 0.05) is 25.2 Å². The summed E-state index contributed by atoms with van der Waals surface area (Å²) in [4.78, 5) is 2.60. The molecule has 1 unspecified atom stereocenters. The Morgan fingerprint density at radius 3 is 3.12 bits per heavy atom. The molecule has 3 heterocycles. The van der Waals surface area contributed by atoms with Crippen LogP contribution in [0.1, 0.15) is 31.4 Å². The zero-order chi connectivity index (χ0) is 11.8. The van der Waals surface area contributed by atoms with Gasteiger partial charge in [0.05, 0.1) is 4.34 Å². The number of halogens is 1. The molecular formula is C13H19ClN2S. The number of rotatable bonds is 2. The smallest absolute Gasteiger partial charge is 0.0931 e. The van der Waals surface area contributed by atoms with E-state index in [1.54, 1.807) is 11.3 Å². The Bertz CT molecular complexity index is 379. The fourth-order valence-electron chi connectivity index (χ4n) is 3.15. The van der Waals surface area contributed by atoms with Crippen LogP contribution in [-0.2, 0) is 0 Å². The quantitative estimate of drug-likeness (QED) is 0.888. The highest BCUT2D eigenvalue weighted by Crippen LogP contribution is 2.33. The van der Waals surface area contributed by atoms with Gasteiger partial charge in [-0.2, -0.15) is 0 Å². The first kappa shape index (κ1) is 12.0. The average Bonchev–Trinajstić information content (AvgIpc) is 2.93. The summed E-state index contributed by atoms with van der Waals surface area (Å²) in [5.74, 6) is 0.861. The predicted octanol–water partition coefficient (Wildman–Crippen LogP) is 3.15. The van der Waals surface area contributed by atoms with E-state index in [-0.39, 0.29) is 0 Å². The van der Waals surface area contributed by atoms with Gasteiger partial charge in [0.25, 0.3) is 0 Å². The Morgan fingerprint density at radius 2 is 2.41 bits per heavy atom. The van der Waals surface area contributed by atoms with Crippen molar-refractivity contribution in [2.75, 3.05) is 19.6 Å². The highest BCUT2D eigenvalue weighted by atomic mass is 35.5. The zero-order valence-corrected chi connectivity index (χ0v) is 11.7. The second-order valence-electron chi connectivity index (χ2n) is 5.28. The third-order valence-corrected chi connectivity index (χ3v) is 5.35. The van der Waals surface area contributed by atoms with Crippen LogP contribution >= 0.6 is 22.9 Å². The van der Waals surface area contributed by atoms with Crippen LogP contribution in [-0.4, -0.2) is 30.6 Å². The minimum atomic E-state index is 0.506. The van der Waals surface area contributed by atoms with Crippen LogP contribution in [0.4, 0.5) is 0 Å². The molecule has 3 atom stereocenters. The zero-order valence-electron chi connectivity index (χ0n) is 10.2. The summed E-state index contributed by atoms with van der Waals surface area (Å²) in [5, 5.41) is 5.85. The van der Waals surface area contributed by atoms with E-state index in [1.807, 2.05) is 0 Å². The van der Waals surface area contributed by atoms with Gasteiger partial charge in [-0.3, -0.25) is 4.90 Å². The van der Waals surface area contributed by atoms with E-state index in [1.165, 1.54) is 38.0 Å². The Labute approximate surface area is 112 Å². The number of thiophene rings is 1. The lowest BCUT2D eigenvalue weighted by atomic mass is 9.94. The molecule has 2 saturated heterocycles.